The first-order valence-electron chi connectivity index (χ1n) is 13.8. The zero-order valence-corrected chi connectivity index (χ0v) is 21.1. The van der Waals surface area contributed by atoms with Gasteiger partial charge in [-0.05, 0) is 70.9 Å². The Kier molecular flexibility index (Phi) is 20.6. The Balaban J connectivity index is 1.78. The molecule has 4 nitrogen and oxygen atoms in total. The summed E-state index contributed by atoms with van der Waals surface area (Å²) in [5.74, 6) is 0. The molecular weight excluding hydrogens is 396 g/mol. The fourth-order valence-electron chi connectivity index (χ4n) is 4.17. The van der Waals surface area contributed by atoms with E-state index in [1.165, 1.54) is 103 Å². The second-order valence-electron chi connectivity index (χ2n) is 9.26. The van der Waals surface area contributed by atoms with Crippen molar-refractivity contribution in [2.24, 2.45) is 0 Å². The van der Waals surface area contributed by atoms with E-state index in [2.05, 4.69) is 41.4 Å². The first kappa shape index (κ1) is 28.7. The molecule has 4 heteroatoms. The molecule has 1 N–H and O–H groups in total. The first-order chi connectivity index (χ1) is 15.8. The smallest absolute Gasteiger partial charge is 0.407 e. The Labute approximate surface area is 199 Å². The molecule has 0 atom stereocenters. The number of nitrogens with one attached hydrogen (secondary N) is 1. The molecule has 1 saturated heterocycles. The number of unbranched alkanes of at least 4 members (excludes halogenated alkanes) is 9. The minimum atomic E-state index is -0.247. The lowest BCUT2D eigenvalue weighted by Crippen LogP contribution is -2.29. The Hall–Kier alpha value is -1.29. The highest BCUT2D eigenvalue weighted by Gasteiger charge is 2.08. The van der Waals surface area contributed by atoms with Gasteiger partial charge in [-0.25, -0.2) is 4.79 Å². The number of carbonyl (C=O) groups is 1. The van der Waals surface area contributed by atoms with Crippen molar-refractivity contribution < 1.29 is 9.53 Å². The highest BCUT2D eigenvalue weighted by atomic mass is 16.5. The van der Waals surface area contributed by atoms with Gasteiger partial charge in [0.25, 0.3) is 0 Å². The van der Waals surface area contributed by atoms with Gasteiger partial charge in [0.1, 0.15) is 0 Å². The molecule has 1 heterocycles. The largest absolute Gasteiger partial charge is 0.450 e. The first-order valence-corrected chi connectivity index (χ1v) is 13.8. The van der Waals surface area contributed by atoms with Crippen molar-refractivity contribution in [1.29, 1.82) is 0 Å². The van der Waals surface area contributed by atoms with Gasteiger partial charge in [-0.3, -0.25) is 0 Å². The number of allylic oxidation sites excluding steroid dienone is 4. The normalized spacial score (nSPS) is 15.4. The minimum absolute atomic E-state index is 0.247. The second-order valence-corrected chi connectivity index (χ2v) is 9.26. The quantitative estimate of drug-likeness (QED) is 0.162. The van der Waals surface area contributed by atoms with Gasteiger partial charge in [0.2, 0.25) is 0 Å². The van der Waals surface area contributed by atoms with Crippen LogP contribution in [0.1, 0.15) is 116 Å². The molecule has 0 aliphatic carbocycles. The molecule has 0 radical (unpaired) electrons. The zero-order valence-electron chi connectivity index (χ0n) is 21.1. The molecule has 186 valence electrons. The molecule has 1 rings (SSSR count). The standard InChI is InChI=1S/C28H52N2O2/c1-2-3-4-5-6-7-8-9-10-11-12-13-14-15-16-19-23-29-28(31)32-27-22-26-30-24-20-17-18-21-25-30/h6-7,9-10H,2-5,8,11-27H2,1H3,(H,29,31)/b7-6-,10-9-. The van der Waals surface area contributed by atoms with Crippen molar-refractivity contribution in [2.75, 3.05) is 32.8 Å². The summed E-state index contributed by atoms with van der Waals surface area (Å²) in [7, 11) is 0. The summed E-state index contributed by atoms with van der Waals surface area (Å²) in [5.41, 5.74) is 0. The number of hydrogen-bond acceptors (Lipinski definition) is 3. The van der Waals surface area contributed by atoms with Crippen LogP contribution in [0.3, 0.4) is 0 Å². The van der Waals surface area contributed by atoms with E-state index in [9.17, 15) is 4.79 Å². The number of rotatable bonds is 19. The molecule has 0 bridgehead atoms. The van der Waals surface area contributed by atoms with E-state index in [1.54, 1.807) is 0 Å². The maximum atomic E-state index is 11.8. The SMILES string of the molecule is CCCCC/C=C\C/C=C\CCCCCCCCNC(=O)OCCCN1CCCCCC1. The fourth-order valence-corrected chi connectivity index (χ4v) is 4.17. The summed E-state index contributed by atoms with van der Waals surface area (Å²) in [6.07, 6.45) is 30.2. The van der Waals surface area contributed by atoms with Crippen LogP contribution in [0.15, 0.2) is 24.3 Å². The van der Waals surface area contributed by atoms with Gasteiger partial charge in [-0.15, -0.1) is 0 Å². The van der Waals surface area contributed by atoms with Crippen molar-refractivity contribution in [3.8, 4) is 0 Å². The van der Waals surface area contributed by atoms with Gasteiger partial charge in [-0.1, -0.05) is 82.6 Å². The van der Waals surface area contributed by atoms with E-state index in [1.807, 2.05) is 0 Å². The molecule has 0 saturated carbocycles. The van der Waals surface area contributed by atoms with Crippen molar-refractivity contribution in [3.63, 3.8) is 0 Å². The van der Waals surface area contributed by atoms with Crippen LogP contribution in [-0.4, -0.2) is 43.8 Å². The number of amides is 1. The van der Waals surface area contributed by atoms with Crippen molar-refractivity contribution in [2.45, 2.75) is 116 Å². The van der Waals surface area contributed by atoms with Crippen molar-refractivity contribution in [1.82, 2.24) is 10.2 Å². The highest BCUT2D eigenvalue weighted by Crippen LogP contribution is 2.10. The summed E-state index contributed by atoms with van der Waals surface area (Å²) >= 11 is 0. The zero-order chi connectivity index (χ0) is 23.0. The molecule has 0 aromatic heterocycles. The summed E-state index contributed by atoms with van der Waals surface area (Å²) < 4.78 is 5.31. The van der Waals surface area contributed by atoms with E-state index >= 15 is 0 Å². The van der Waals surface area contributed by atoms with Crippen LogP contribution < -0.4 is 5.32 Å². The van der Waals surface area contributed by atoms with Crippen molar-refractivity contribution >= 4 is 6.09 Å². The van der Waals surface area contributed by atoms with Gasteiger partial charge >= 0.3 is 6.09 Å². The summed E-state index contributed by atoms with van der Waals surface area (Å²) in [6, 6.07) is 0. The molecule has 0 aromatic carbocycles. The van der Waals surface area contributed by atoms with Gasteiger partial charge in [0, 0.05) is 13.1 Å². The number of likely N-dealkylation sites (tertiary alicyclic amines) is 1. The van der Waals surface area contributed by atoms with Gasteiger partial charge in [0.05, 0.1) is 6.61 Å². The number of ether oxygens (including phenoxy) is 1. The van der Waals surface area contributed by atoms with E-state index in [0.717, 1.165) is 32.4 Å². The molecule has 1 aliphatic rings. The van der Waals surface area contributed by atoms with E-state index in [0.29, 0.717) is 6.61 Å². The monoisotopic (exact) mass is 448 g/mol. The number of alkyl carbamates (subject to hydrolysis) is 1. The van der Waals surface area contributed by atoms with Crippen LogP contribution in [0.4, 0.5) is 4.79 Å². The molecule has 32 heavy (non-hydrogen) atoms. The maximum Gasteiger partial charge on any atom is 0.407 e. The van der Waals surface area contributed by atoms with Crippen LogP contribution in [0.25, 0.3) is 0 Å². The molecule has 0 unspecified atom stereocenters. The molecule has 0 aromatic rings. The third-order valence-electron chi connectivity index (χ3n) is 6.20. The Bertz CT molecular complexity index is 468. The maximum absolute atomic E-state index is 11.8. The molecule has 1 fully saturated rings. The fraction of sp³-hybridized carbons (Fsp3) is 0.821. The number of nitrogens with zero attached hydrogens (tertiary/aromatic N) is 1. The molecule has 0 spiro atoms. The lowest BCUT2D eigenvalue weighted by molar-refractivity contribution is 0.138. The minimum Gasteiger partial charge on any atom is -0.450 e. The van der Waals surface area contributed by atoms with Crippen LogP contribution in [-0.2, 0) is 4.74 Å². The van der Waals surface area contributed by atoms with Gasteiger partial charge in [-0.2, -0.15) is 0 Å². The third-order valence-corrected chi connectivity index (χ3v) is 6.20. The predicted molar refractivity (Wildman–Crippen MR) is 138 cm³/mol. The molecule has 1 aliphatic heterocycles. The van der Waals surface area contributed by atoms with Crippen molar-refractivity contribution in [3.05, 3.63) is 24.3 Å². The van der Waals surface area contributed by atoms with Gasteiger partial charge in [0.15, 0.2) is 0 Å². The van der Waals surface area contributed by atoms with Crippen LogP contribution in [0.5, 0.6) is 0 Å². The van der Waals surface area contributed by atoms with E-state index in [-0.39, 0.29) is 6.09 Å². The van der Waals surface area contributed by atoms with E-state index in [4.69, 9.17) is 4.74 Å². The molecule has 1 amide bonds. The average molecular weight is 449 g/mol. The van der Waals surface area contributed by atoms with Crippen LogP contribution in [0, 0.1) is 0 Å². The summed E-state index contributed by atoms with van der Waals surface area (Å²) in [6.45, 7) is 6.99. The Morgan fingerprint density at radius 1 is 0.781 bits per heavy atom. The molecular formula is C28H52N2O2. The summed E-state index contributed by atoms with van der Waals surface area (Å²) in [5, 5.41) is 2.89. The Morgan fingerprint density at radius 2 is 1.41 bits per heavy atom. The average Bonchev–Trinajstić information content (AvgIpc) is 3.07. The topological polar surface area (TPSA) is 41.6 Å². The lowest BCUT2D eigenvalue weighted by atomic mass is 10.1. The predicted octanol–water partition coefficient (Wildman–Crippen LogP) is 7.79. The van der Waals surface area contributed by atoms with E-state index < -0.39 is 0 Å². The van der Waals surface area contributed by atoms with Gasteiger partial charge < -0.3 is 15.0 Å². The summed E-state index contributed by atoms with van der Waals surface area (Å²) in [4.78, 5) is 14.3. The lowest BCUT2D eigenvalue weighted by Gasteiger charge is -2.19. The third kappa shape index (κ3) is 19.4. The second kappa shape index (κ2) is 22.9. The number of carbonyl (C=O) groups excluding carboxylic acids is 1. The highest BCUT2D eigenvalue weighted by molar-refractivity contribution is 5.66. The van der Waals surface area contributed by atoms with Crippen LogP contribution in [0.2, 0.25) is 0 Å². The van der Waals surface area contributed by atoms with Crippen LogP contribution >= 0.6 is 0 Å². The Morgan fingerprint density at radius 3 is 2.09 bits per heavy atom. The number of hydrogen-bond donors (Lipinski definition) is 1.